The fraction of sp³-hybridized carbons (Fsp3) is 0.409. The largest absolute Gasteiger partial charge is 0.494 e. The van der Waals surface area contributed by atoms with Crippen molar-refractivity contribution < 1.29 is 19.4 Å². The Balaban J connectivity index is 0.00000420. The number of aliphatic hydroxyl groups is 1. The molecule has 1 unspecified atom stereocenters. The number of carbonyl (C=O) groups excluding carboxylic acids is 1. The monoisotopic (exact) mass is 422 g/mol. The molecule has 7 heteroatoms. The summed E-state index contributed by atoms with van der Waals surface area (Å²) in [4.78, 5) is 12.3. The van der Waals surface area contributed by atoms with Gasteiger partial charge in [-0.15, -0.1) is 12.4 Å². The van der Waals surface area contributed by atoms with Gasteiger partial charge in [-0.2, -0.15) is 0 Å². The van der Waals surface area contributed by atoms with E-state index < -0.39 is 6.10 Å². The van der Waals surface area contributed by atoms with Gasteiger partial charge in [0.15, 0.2) is 0 Å². The van der Waals surface area contributed by atoms with Crippen LogP contribution in [0.1, 0.15) is 37.6 Å². The van der Waals surface area contributed by atoms with Gasteiger partial charge in [-0.25, -0.2) is 0 Å². The molecule has 0 fully saturated rings. The van der Waals surface area contributed by atoms with Crippen molar-refractivity contribution in [2.45, 2.75) is 39.3 Å². The van der Waals surface area contributed by atoms with E-state index in [1.165, 1.54) is 0 Å². The first-order chi connectivity index (χ1) is 13.5. The number of benzene rings is 2. The highest BCUT2D eigenvalue weighted by Crippen LogP contribution is 2.18. The number of amides is 1. The third kappa shape index (κ3) is 9.17. The second kappa shape index (κ2) is 13.0. The Morgan fingerprint density at radius 3 is 2.17 bits per heavy atom. The molecular weight excluding hydrogens is 392 g/mol. The van der Waals surface area contributed by atoms with Crippen LogP contribution in [0.5, 0.6) is 11.5 Å². The molecule has 0 aliphatic rings. The smallest absolute Gasteiger partial charge is 0.255 e. The zero-order valence-corrected chi connectivity index (χ0v) is 18.0. The van der Waals surface area contributed by atoms with Gasteiger partial charge >= 0.3 is 0 Å². The molecule has 160 valence electrons. The van der Waals surface area contributed by atoms with Crippen LogP contribution in [-0.2, 0) is 0 Å². The maximum Gasteiger partial charge on any atom is 0.255 e. The molecule has 0 bridgehead atoms. The second-order valence-electron chi connectivity index (χ2n) is 6.88. The number of hydrogen-bond acceptors (Lipinski definition) is 5. The Kier molecular flexibility index (Phi) is 11.1. The molecule has 29 heavy (non-hydrogen) atoms. The average Bonchev–Trinajstić information content (AvgIpc) is 2.70. The summed E-state index contributed by atoms with van der Waals surface area (Å²) in [5.74, 6) is 1.20. The highest BCUT2D eigenvalue weighted by molar-refractivity contribution is 6.04. The van der Waals surface area contributed by atoms with Crippen molar-refractivity contribution in [1.29, 1.82) is 0 Å². The summed E-state index contributed by atoms with van der Waals surface area (Å²) in [5, 5.41) is 15.9. The van der Waals surface area contributed by atoms with Crippen LogP contribution >= 0.6 is 12.4 Å². The zero-order chi connectivity index (χ0) is 20.4. The van der Waals surface area contributed by atoms with Crippen molar-refractivity contribution in [3.8, 4) is 11.5 Å². The number of rotatable bonds is 11. The van der Waals surface area contributed by atoms with Gasteiger partial charge in [0.1, 0.15) is 24.2 Å². The standard InChI is InChI=1S/C22H30N2O4.ClH/c1-4-13-27-20-9-5-17(6-10-20)22(26)24-18-7-11-21(12-8-18)28-15-19(25)14-23-16(2)3;/h5-12,16,19,23,25H,4,13-15H2,1-3H3,(H,24,26);1H. The summed E-state index contributed by atoms with van der Waals surface area (Å²) >= 11 is 0. The predicted octanol–water partition coefficient (Wildman–Crippen LogP) is 3.89. The molecule has 0 aliphatic carbocycles. The molecule has 0 spiro atoms. The summed E-state index contributed by atoms with van der Waals surface area (Å²) in [6, 6.07) is 14.4. The fourth-order valence-corrected chi connectivity index (χ4v) is 2.38. The molecule has 3 N–H and O–H groups in total. The Labute approximate surface area is 179 Å². The third-order valence-electron chi connectivity index (χ3n) is 3.91. The van der Waals surface area contributed by atoms with Crippen molar-refractivity contribution in [1.82, 2.24) is 5.32 Å². The molecule has 0 heterocycles. The minimum atomic E-state index is -0.578. The lowest BCUT2D eigenvalue weighted by atomic mass is 10.2. The lowest BCUT2D eigenvalue weighted by Gasteiger charge is -2.15. The Bertz CT molecular complexity index is 721. The molecule has 2 aromatic rings. The lowest BCUT2D eigenvalue weighted by molar-refractivity contribution is 0.102. The van der Waals surface area contributed by atoms with Crippen molar-refractivity contribution in [2.24, 2.45) is 0 Å². The summed E-state index contributed by atoms with van der Waals surface area (Å²) < 4.78 is 11.1. The minimum absolute atomic E-state index is 0. The highest BCUT2D eigenvalue weighted by atomic mass is 35.5. The Hall–Kier alpha value is -2.28. The van der Waals surface area contributed by atoms with Crippen LogP contribution < -0.4 is 20.1 Å². The molecule has 0 saturated heterocycles. The number of halogens is 1. The molecule has 1 atom stereocenters. The van der Waals surface area contributed by atoms with Crippen LogP contribution in [-0.4, -0.2) is 42.9 Å². The summed E-state index contributed by atoms with van der Waals surface area (Å²) in [5.41, 5.74) is 1.23. The second-order valence-corrected chi connectivity index (χ2v) is 6.88. The van der Waals surface area contributed by atoms with E-state index in [-0.39, 0.29) is 24.9 Å². The molecule has 0 aliphatic heterocycles. The Morgan fingerprint density at radius 2 is 1.59 bits per heavy atom. The van der Waals surface area contributed by atoms with E-state index >= 15 is 0 Å². The van der Waals surface area contributed by atoms with E-state index in [1.54, 1.807) is 48.5 Å². The van der Waals surface area contributed by atoms with Gasteiger partial charge in [0, 0.05) is 23.8 Å². The van der Waals surface area contributed by atoms with E-state index in [1.807, 2.05) is 20.8 Å². The SMILES string of the molecule is CCCOc1ccc(C(=O)Nc2ccc(OCC(O)CNC(C)C)cc2)cc1.Cl. The molecule has 0 aromatic heterocycles. The van der Waals surface area contributed by atoms with E-state index in [4.69, 9.17) is 9.47 Å². The van der Waals surface area contributed by atoms with Gasteiger partial charge in [0.25, 0.3) is 5.91 Å². The first kappa shape index (κ1) is 24.8. The van der Waals surface area contributed by atoms with Crippen LogP contribution in [0.25, 0.3) is 0 Å². The average molecular weight is 423 g/mol. The van der Waals surface area contributed by atoms with Gasteiger partial charge in [0.05, 0.1) is 6.61 Å². The molecule has 2 aromatic carbocycles. The highest BCUT2D eigenvalue weighted by Gasteiger charge is 2.08. The van der Waals surface area contributed by atoms with Gasteiger partial charge in [-0.05, 0) is 55.0 Å². The topological polar surface area (TPSA) is 79.8 Å². The molecule has 2 rings (SSSR count). The maximum atomic E-state index is 12.3. The van der Waals surface area contributed by atoms with Gasteiger partial charge < -0.3 is 25.2 Å². The summed E-state index contributed by atoms with van der Waals surface area (Å²) in [7, 11) is 0. The molecule has 0 radical (unpaired) electrons. The maximum absolute atomic E-state index is 12.3. The van der Waals surface area contributed by atoms with Crippen molar-refractivity contribution >= 4 is 24.0 Å². The van der Waals surface area contributed by atoms with E-state index in [0.717, 1.165) is 12.2 Å². The molecule has 1 amide bonds. The van der Waals surface area contributed by atoms with Crippen LogP contribution in [0.15, 0.2) is 48.5 Å². The van der Waals surface area contributed by atoms with Crippen LogP contribution in [0, 0.1) is 0 Å². The van der Waals surface area contributed by atoms with E-state index in [2.05, 4.69) is 10.6 Å². The number of aliphatic hydroxyl groups excluding tert-OH is 1. The van der Waals surface area contributed by atoms with Crippen molar-refractivity contribution in [3.05, 3.63) is 54.1 Å². The molecule has 0 saturated carbocycles. The normalized spacial score (nSPS) is 11.5. The van der Waals surface area contributed by atoms with Gasteiger partial charge in [-0.3, -0.25) is 4.79 Å². The first-order valence-corrected chi connectivity index (χ1v) is 9.66. The zero-order valence-electron chi connectivity index (χ0n) is 17.2. The van der Waals surface area contributed by atoms with Gasteiger partial charge in [0.2, 0.25) is 0 Å². The lowest BCUT2D eigenvalue weighted by Crippen LogP contribution is -2.35. The minimum Gasteiger partial charge on any atom is -0.494 e. The van der Waals surface area contributed by atoms with Crippen LogP contribution in [0.3, 0.4) is 0 Å². The number of carbonyl (C=O) groups is 1. The fourth-order valence-electron chi connectivity index (χ4n) is 2.38. The quantitative estimate of drug-likeness (QED) is 0.512. The van der Waals surface area contributed by atoms with Crippen molar-refractivity contribution in [3.63, 3.8) is 0 Å². The van der Waals surface area contributed by atoms with Gasteiger partial charge in [-0.1, -0.05) is 20.8 Å². The predicted molar refractivity (Wildman–Crippen MR) is 119 cm³/mol. The van der Waals surface area contributed by atoms with E-state index in [9.17, 15) is 9.90 Å². The summed E-state index contributed by atoms with van der Waals surface area (Å²) in [6.07, 6.45) is 0.362. The first-order valence-electron chi connectivity index (χ1n) is 9.66. The van der Waals surface area contributed by atoms with Crippen LogP contribution in [0.2, 0.25) is 0 Å². The number of anilines is 1. The van der Waals surface area contributed by atoms with E-state index in [0.29, 0.717) is 36.2 Å². The summed E-state index contributed by atoms with van der Waals surface area (Å²) in [6.45, 7) is 7.44. The molecule has 6 nitrogen and oxygen atoms in total. The third-order valence-corrected chi connectivity index (χ3v) is 3.91. The number of ether oxygens (including phenoxy) is 2. The molecular formula is C22H31ClN2O4. The Morgan fingerprint density at radius 1 is 1.00 bits per heavy atom. The number of nitrogens with one attached hydrogen (secondary N) is 2. The van der Waals surface area contributed by atoms with Crippen molar-refractivity contribution in [2.75, 3.05) is 25.1 Å². The number of hydrogen-bond donors (Lipinski definition) is 3. The van der Waals surface area contributed by atoms with Crippen LogP contribution in [0.4, 0.5) is 5.69 Å².